The minimum Gasteiger partial charge on any atom is -0.393 e. The molecule has 3 nitrogen and oxygen atoms in total. The average Bonchev–Trinajstić information content (AvgIpc) is 2.28. The van der Waals surface area contributed by atoms with Gasteiger partial charge in [-0.1, -0.05) is 36.4 Å². The Hall–Kier alpha value is -1.87. The fraction of sp³-hybridized carbons (Fsp3) is 0.214. The van der Waals surface area contributed by atoms with E-state index in [0.29, 0.717) is 0 Å². The fourth-order valence-corrected chi connectivity index (χ4v) is 1.80. The lowest BCUT2D eigenvalue weighted by molar-refractivity contribution is -0.117. The van der Waals surface area contributed by atoms with Crippen LogP contribution in [0, 0.1) is 0 Å². The van der Waals surface area contributed by atoms with Gasteiger partial charge < -0.3 is 10.4 Å². The minimum atomic E-state index is -0.620. The van der Waals surface area contributed by atoms with Crippen LogP contribution < -0.4 is 5.32 Å². The summed E-state index contributed by atoms with van der Waals surface area (Å²) in [5.41, 5.74) is 0.786. The van der Waals surface area contributed by atoms with Crippen molar-refractivity contribution in [3.05, 3.63) is 42.5 Å². The summed E-state index contributed by atoms with van der Waals surface area (Å²) >= 11 is 0. The van der Waals surface area contributed by atoms with Crippen molar-refractivity contribution in [2.45, 2.75) is 19.4 Å². The van der Waals surface area contributed by atoms with Crippen LogP contribution in [0.1, 0.15) is 13.3 Å². The number of rotatable bonds is 3. The molecule has 0 bridgehead atoms. The Morgan fingerprint density at radius 3 is 2.71 bits per heavy atom. The van der Waals surface area contributed by atoms with E-state index in [9.17, 15) is 4.79 Å². The molecule has 17 heavy (non-hydrogen) atoms. The lowest BCUT2D eigenvalue weighted by Crippen LogP contribution is -2.17. The fourth-order valence-electron chi connectivity index (χ4n) is 1.80. The van der Waals surface area contributed by atoms with Gasteiger partial charge in [-0.05, 0) is 18.4 Å². The summed E-state index contributed by atoms with van der Waals surface area (Å²) in [6.07, 6.45) is -0.506. The van der Waals surface area contributed by atoms with Crippen LogP contribution in [0.3, 0.4) is 0 Å². The van der Waals surface area contributed by atoms with Crippen LogP contribution in [0.4, 0.5) is 5.69 Å². The van der Waals surface area contributed by atoms with Crippen LogP contribution in [0.15, 0.2) is 42.5 Å². The summed E-state index contributed by atoms with van der Waals surface area (Å²) in [6, 6.07) is 13.6. The Morgan fingerprint density at radius 2 is 1.94 bits per heavy atom. The highest BCUT2D eigenvalue weighted by Gasteiger charge is 2.07. The first-order chi connectivity index (χ1) is 8.16. The molecule has 1 amide bonds. The van der Waals surface area contributed by atoms with Crippen LogP contribution in [0.2, 0.25) is 0 Å². The van der Waals surface area contributed by atoms with Gasteiger partial charge in [0, 0.05) is 11.1 Å². The molecule has 3 heteroatoms. The van der Waals surface area contributed by atoms with Crippen LogP contribution in [0.25, 0.3) is 10.8 Å². The van der Waals surface area contributed by atoms with Crippen LogP contribution in [-0.4, -0.2) is 17.1 Å². The molecule has 0 aliphatic carbocycles. The van der Waals surface area contributed by atoms with Gasteiger partial charge in [0.15, 0.2) is 0 Å². The molecule has 2 rings (SSSR count). The quantitative estimate of drug-likeness (QED) is 0.849. The molecule has 0 radical (unpaired) electrons. The maximum absolute atomic E-state index is 11.6. The van der Waals surface area contributed by atoms with Crippen molar-refractivity contribution >= 4 is 22.4 Å². The van der Waals surface area contributed by atoms with E-state index < -0.39 is 6.10 Å². The molecule has 1 unspecified atom stereocenters. The van der Waals surface area contributed by atoms with Gasteiger partial charge in [-0.3, -0.25) is 4.79 Å². The molecule has 2 aromatic carbocycles. The molecule has 88 valence electrons. The number of amides is 1. The Bertz CT molecular complexity index is 529. The van der Waals surface area contributed by atoms with E-state index in [1.807, 2.05) is 42.5 Å². The zero-order chi connectivity index (χ0) is 12.3. The normalized spacial score (nSPS) is 12.4. The SMILES string of the molecule is CC(O)CC(=O)Nc1cccc2ccccc12. The Morgan fingerprint density at radius 1 is 1.24 bits per heavy atom. The van der Waals surface area contributed by atoms with Crippen LogP contribution >= 0.6 is 0 Å². The first kappa shape index (κ1) is 11.6. The van der Waals surface area contributed by atoms with Gasteiger partial charge in [0.25, 0.3) is 0 Å². The van der Waals surface area contributed by atoms with Gasteiger partial charge in [0.1, 0.15) is 0 Å². The van der Waals surface area contributed by atoms with Crippen molar-refractivity contribution in [1.29, 1.82) is 0 Å². The number of nitrogens with one attached hydrogen (secondary N) is 1. The molecule has 1 atom stereocenters. The summed E-state index contributed by atoms with van der Waals surface area (Å²) in [5, 5.41) is 14.1. The first-order valence-corrected chi connectivity index (χ1v) is 5.62. The van der Waals surface area contributed by atoms with Crippen molar-refractivity contribution in [3.63, 3.8) is 0 Å². The standard InChI is InChI=1S/C14H15NO2/c1-10(16)9-14(17)15-13-8-4-6-11-5-2-3-7-12(11)13/h2-8,10,16H,9H2,1H3,(H,15,17). The summed E-state index contributed by atoms with van der Waals surface area (Å²) in [4.78, 5) is 11.6. The number of hydrogen-bond donors (Lipinski definition) is 2. The highest BCUT2D eigenvalue weighted by molar-refractivity contribution is 6.02. The minimum absolute atomic E-state index is 0.114. The summed E-state index contributed by atoms with van der Waals surface area (Å²) in [7, 11) is 0. The first-order valence-electron chi connectivity index (χ1n) is 5.62. The number of benzene rings is 2. The monoisotopic (exact) mass is 229 g/mol. The third-order valence-corrected chi connectivity index (χ3v) is 2.54. The zero-order valence-corrected chi connectivity index (χ0v) is 9.68. The lowest BCUT2D eigenvalue weighted by atomic mass is 10.1. The maximum atomic E-state index is 11.6. The molecule has 0 heterocycles. The third kappa shape index (κ3) is 2.82. The molecular formula is C14H15NO2. The van der Waals surface area contributed by atoms with E-state index in [1.165, 1.54) is 0 Å². The topological polar surface area (TPSA) is 49.3 Å². The maximum Gasteiger partial charge on any atom is 0.226 e. The molecule has 0 saturated heterocycles. The van der Waals surface area contributed by atoms with E-state index >= 15 is 0 Å². The van der Waals surface area contributed by atoms with Gasteiger partial charge >= 0.3 is 0 Å². The lowest BCUT2D eigenvalue weighted by Gasteiger charge is -2.09. The largest absolute Gasteiger partial charge is 0.393 e. The zero-order valence-electron chi connectivity index (χ0n) is 9.68. The summed E-state index contributed by atoms with van der Waals surface area (Å²) in [6.45, 7) is 1.60. The van der Waals surface area contributed by atoms with Crippen molar-refractivity contribution in [2.24, 2.45) is 0 Å². The van der Waals surface area contributed by atoms with Crippen molar-refractivity contribution in [2.75, 3.05) is 5.32 Å². The Kier molecular flexibility index (Phi) is 3.40. The molecule has 0 aliphatic heterocycles. The highest BCUT2D eigenvalue weighted by atomic mass is 16.3. The second kappa shape index (κ2) is 4.97. The van der Waals surface area contributed by atoms with E-state index in [2.05, 4.69) is 5.32 Å². The second-order valence-electron chi connectivity index (χ2n) is 4.13. The molecule has 0 spiro atoms. The Balaban J connectivity index is 2.27. The van der Waals surface area contributed by atoms with Crippen LogP contribution in [-0.2, 0) is 4.79 Å². The predicted octanol–water partition coefficient (Wildman–Crippen LogP) is 2.55. The molecular weight excluding hydrogens is 214 g/mol. The van der Waals surface area contributed by atoms with E-state index in [1.54, 1.807) is 6.92 Å². The van der Waals surface area contributed by atoms with Crippen molar-refractivity contribution in [3.8, 4) is 0 Å². The van der Waals surface area contributed by atoms with Gasteiger partial charge in [0.05, 0.1) is 12.5 Å². The molecule has 0 aliphatic rings. The molecule has 2 N–H and O–H groups in total. The van der Waals surface area contributed by atoms with Gasteiger partial charge in [-0.15, -0.1) is 0 Å². The van der Waals surface area contributed by atoms with E-state index in [-0.39, 0.29) is 12.3 Å². The van der Waals surface area contributed by atoms with E-state index in [4.69, 9.17) is 5.11 Å². The molecule has 2 aromatic rings. The predicted molar refractivity (Wildman–Crippen MR) is 68.9 cm³/mol. The number of anilines is 1. The van der Waals surface area contributed by atoms with Gasteiger partial charge in [-0.2, -0.15) is 0 Å². The number of carbonyl (C=O) groups is 1. The van der Waals surface area contributed by atoms with Gasteiger partial charge in [0.2, 0.25) is 5.91 Å². The number of hydrogen-bond acceptors (Lipinski definition) is 2. The summed E-state index contributed by atoms with van der Waals surface area (Å²) in [5.74, 6) is -0.170. The number of fused-ring (bicyclic) bond motifs is 1. The second-order valence-corrected chi connectivity index (χ2v) is 4.13. The van der Waals surface area contributed by atoms with Crippen molar-refractivity contribution in [1.82, 2.24) is 0 Å². The Labute approximate surface area is 100 Å². The molecule has 0 fully saturated rings. The number of aliphatic hydroxyl groups excluding tert-OH is 1. The molecule has 0 aromatic heterocycles. The van der Waals surface area contributed by atoms with E-state index in [0.717, 1.165) is 16.5 Å². The number of aliphatic hydroxyl groups is 1. The highest BCUT2D eigenvalue weighted by Crippen LogP contribution is 2.22. The third-order valence-electron chi connectivity index (χ3n) is 2.54. The smallest absolute Gasteiger partial charge is 0.226 e. The van der Waals surface area contributed by atoms with Gasteiger partial charge in [-0.25, -0.2) is 0 Å². The summed E-state index contributed by atoms with van der Waals surface area (Å²) < 4.78 is 0. The molecule has 0 saturated carbocycles. The van der Waals surface area contributed by atoms with Crippen molar-refractivity contribution < 1.29 is 9.90 Å². The van der Waals surface area contributed by atoms with Crippen LogP contribution in [0.5, 0.6) is 0 Å². The average molecular weight is 229 g/mol. The number of carbonyl (C=O) groups excluding carboxylic acids is 1.